The van der Waals surface area contributed by atoms with Crippen LogP contribution in [0.2, 0.25) is 0 Å². The lowest BCUT2D eigenvalue weighted by Gasteiger charge is -2.27. The minimum atomic E-state index is -0.102. The first-order valence-corrected chi connectivity index (χ1v) is 3.08. The number of likely N-dealkylation sites (N-methyl/N-ethyl adjacent to an activating group) is 3. The molecule has 0 fully saturated rings. The third-order valence-electron chi connectivity index (χ3n) is 1.47. The van der Waals surface area contributed by atoms with Crippen molar-refractivity contribution in [3.8, 4) is 0 Å². The summed E-state index contributed by atoms with van der Waals surface area (Å²) in [6.07, 6.45) is 0. The summed E-state index contributed by atoms with van der Waals surface area (Å²) >= 11 is 0. The van der Waals surface area contributed by atoms with E-state index in [9.17, 15) is 0 Å². The highest BCUT2D eigenvalue weighted by Gasteiger charge is 2.16. The highest BCUT2D eigenvalue weighted by atomic mass is 15.2. The average molecular weight is 130 g/mol. The zero-order valence-electron chi connectivity index (χ0n) is 6.58. The van der Waals surface area contributed by atoms with Gasteiger partial charge < -0.3 is 16.0 Å². The molecule has 0 aromatic rings. The number of hydrogen-bond donors (Lipinski definition) is 3. The van der Waals surface area contributed by atoms with Crippen LogP contribution >= 0.6 is 0 Å². The van der Waals surface area contributed by atoms with E-state index < -0.39 is 0 Å². The molecule has 0 spiro atoms. The van der Waals surface area contributed by atoms with Crippen molar-refractivity contribution in [2.24, 2.45) is 0 Å². The minimum Gasteiger partial charge on any atom is -0.313 e. The summed E-state index contributed by atoms with van der Waals surface area (Å²) in [6, 6.07) is 0. The number of nitrogens with one attached hydrogen (secondary N) is 3. The number of rotatable bonds is 4. The Morgan fingerprint density at radius 3 is 1.67 bits per heavy atom. The van der Waals surface area contributed by atoms with Gasteiger partial charge in [-0.25, -0.2) is 0 Å². The van der Waals surface area contributed by atoms with Crippen molar-refractivity contribution < 1.29 is 0 Å². The Balaban J connectivity index is 3.62. The maximum Gasteiger partial charge on any atom is 0.0827 e. The second kappa shape index (κ2) is 3.82. The van der Waals surface area contributed by atoms with Crippen LogP contribution in [0.15, 0.2) is 0 Å². The van der Waals surface area contributed by atoms with Crippen molar-refractivity contribution in [1.29, 1.82) is 0 Å². The molecule has 0 saturated heterocycles. The minimum absolute atomic E-state index is 0.102. The van der Waals surface area contributed by atoms with E-state index in [0.29, 0.717) is 0 Å². The molecule has 0 amide bonds. The Hall–Kier alpha value is -0.120. The van der Waals surface area contributed by atoms with Crippen molar-refractivity contribution >= 4 is 0 Å². The zero-order chi connectivity index (χ0) is 7.33. The van der Waals surface area contributed by atoms with Crippen LogP contribution in [0.5, 0.6) is 0 Å². The van der Waals surface area contributed by atoms with Gasteiger partial charge in [0.15, 0.2) is 0 Å². The van der Waals surface area contributed by atoms with E-state index in [1.807, 2.05) is 34.6 Å². The third-order valence-corrected chi connectivity index (χ3v) is 1.47. The third kappa shape index (κ3) is 2.79. The molecule has 0 atom stereocenters. The predicted octanol–water partition coefficient (Wildman–Crippen LogP) is -0.477. The van der Waals surface area contributed by atoms with Crippen LogP contribution in [-0.2, 0) is 0 Å². The first-order valence-electron chi connectivity index (χ1n) is 3.08. The van der Waals surface area contributed by atoms with Crippen LogP contribution < -0.4 is 16.0 Å². The topological polar surface area (TPSA) is 36.1 Å². The van der Waals surface area contributed by atoms with Gasteiger partial charge in [0.25, 0.3) is 0 Å². The SMILES string of the molecule is CN[CH]C(C)(NC)NC. The van der Waals surface area contributed by atoms with E-state index in [1.165, 1.54) is 0 Å². The van der Waals surface area contributed by atoms with E-state index in [4.69, 9.17) is 0 Å². The molecule has 0 aliphatic heterocycles. The van der Waals surface area contributed by atoms with Crippen LogP contribution in [0, 0.1) is 6.54 Å². The van der Waals surface area contributed by atoms with Crippen LogP contribution in [0.1, 0.15) is 6.92 Å². The molecule has 0 aromatic carbocycles. The van der Waals surface area contributed by atoms with Gasteiger partial charge in [0.1, 0.15) is 0 Å². The highest BCUT2D eigenvalue weighted by Crippen LogP contribution is 1.96. The van der Waals surface area contributed by atoms with Gasteiger partial charge in [-0.15, -0.1) is 0 Å². The summed E-state index contributed by atoms with van der Waals surface area (Å²) < 4.78 is 0. The first kappa shape index (κ1) is 8.88. The molecule has 0 rings (SSSR count). The molecule has 55 valence electrons. The molecule has 0 aromatic heterocycles. The second-order valence-corrected chi connectivity index (χ2v) is 2.14. The maximum atomic E-state index is 3.10. The van der Waals surface area contributed by atoms with Crippen molar-refractivity contribution in [3.05, 3.63) is 6.54 Å². The molecule has 0 bridgehead atoms. The van der Waals surface area contributed by atoms with Crippen molar-refractivity contribution in [2.75, 3.05) is 21.1 Å². The Morgan fingerprint density at radius 1 is 1.11 bits per heavy atom. The standard InChI is InChI=1S/C6H16N3/c1-6(8-3,9-4)5-7-2/h5,7-9H,1-4H3. The first-order chi connectivity index (χ1) is 4.18. The largest absolute Gasteiger partial charge is 0.313 e. The van der Waals surface area contributed by atoms with Crippen LogP contribution in [0.3, 0.4) is 0 Å². The average Bonchev–Trinajstić information content (AvgIpc) is 1.89. The lowest BCUT2D eigenvalue weighted by Crippen LogP contribution is -2.53. The molecular formula is C6H16N3. The molecule has 3 heteroatoms. The second-order valence-electron chi connectivity index (χ2n) is 2.14. The fraction of sp³-hybridized carbons (Fsp3) is 0.833. The molecule has 0 aliphatic carbocycles. The smallest absolute Gasteiger partial charge is 0.0827 e. The fourth-order valence-corrected chi connectivity index (χ4v) is 0.558. The van der Waals surface area contributed by atoms with E-state index >= 15 is 0 Å². The normalized spacial score (nSPS) is 12.0. The van der Waals surface area contributed by atoms with Gasteiger partial charge in [-0.3, -0.25) is 0 Å². The van der Waals surface area contributed by atoms with Gasteiger partial charge in [0.2, 0.25) is 0 Å². The van der Waals surface area contributed by atoms with Gasteiger partial charge >= 0.3 is 0 Å². The lowest BCUT2D eigenvalue weighted by molar-refractivity contribution is 0.365. The summed E-state index contributed by atoms with van der Waals surface area (Å²) in [5.41, 5.74) is -0.102. The molecule has 0 unspecified atom stereocenters. The van der Waals surface area contributed by atoms with Gasteiger partial charge in [-0.1, -0.05) is 0 Å². The molecule has 3 nitrogen and oxygen atoms in total. The van der Waals surface area contributed by atoms with E-state index in [-0.39, 0.29) is 5.66 Å². The van der Waals surface area contributed by atoms with Crippen LogP contribution in [-0.4, -0.2) is 26.8 Å². The van der Waals surface area contributed by atoms with E-state index in [2.05, 4.69) is 16.0 Å². The molecular weight excluding hydrogens is 114 g/mol. The molecule has 9 heavy (non-hydrogen) atoms. The van der Waals surface area contributed by atoms with Crippen LogP contribution in [0.25, 0.3) is 0 Å². The summed E-state index contributed by atoms with van der Waals surface area (Å²) in [5, 5.41) is 9.16. The Labute approximate surface area is 57.2 Å². The lowest BCUT2D eigenvalue weighted by atomic mass is 10.2. The van der Waals surface area contributed by atoms with E-state index in [1.54, 1.807) is 0 Å². The summed E-state index contributed by atoms with van der Waals surface area (Å²) in [6.45, 7) is 4.00. The monoisotopic (exact) mass is 130 g/mol. The van der Waals surface area contributed by atoms with Crippen molar-refractivity contribution in [3.63, 3.8) is 0 Å². The number of hydrogen-bond acceptors (Lipinski definition) is 3. The van der Waals surface area contributed by atoms with E-state index in [0.717, 1.165) is 0 Å². The van der Waals surface area contributed by atoms with Gasteiger partial charge in [0.05, 0.1) is 12.2 Å². The van der Waals surface area contributed by atoms with Crippen LogP contribution in [0.4, 0.5) is 0 Å². The summed E-state index contributed by atoms with van der Waals surface area (Å²) in [7, 11) is 5.70. The maximum absolute atomic E-state index is 3.10. The predicted molar refractivity (Wildman–Crippen MR) is 39.9 cm³/mol. The summed E-state index contributed by atoms with van der Waals surface area (Å²) in [5.74, 6) is 0. The molecule has 3 N–H and O–H groups in total. The highest BCUT2D eigenvalue weighted by molar-refractivity contribution is 4.89. The quantitative estimate of drug-likeness (QED) is 0.450. The van der Waals surface area contributed by atoms with Gasteiger partial charge in [-0.05, 0) is 28.1 Å². The fourth-order valence-electron chi connectivity index (χ4n) is 0.558. The zero-order valence-corrected chi connectivity index (χ0v) is 6.58. The van der Waals surface area contributed by atoms with Crippen molar-refractivity contribution in [1.82, 2.24) is 16.0 Å². The Morgan fingerprint density at radius 2 is 1.56 bits per heavy atom. The Kier molecular flexibility index (Phi) is 3.77. The summed E-state index contributed by atoms with van der Waals surface area (Å²) in [4.78, 5) is 0. The molecule has 1 radical (unpaired) electrons. The van der Waals surface area contributed by atoms with Crippen molar-refractivity contribution in [2.45, 2.75) is 12.6 Å². The molecule has 0 heterocycles. The van der Waals surface area contributed by atoms with Gasteiger partial charge in [-0.2, -0.15) is 0 Å². The van der Waals surface area contributed by atoms with Gasteiger partial charge in [0, 0.05) is 0 Å². The molecule has 0 aliphatic rings. The molecule has 0 saturated carbocycles. The Bertz CT molecular complexity index is 68.7.